The van der Waals surface area contributed by atoms with Gasteiger partial charge in [-0.2, -0.15) is 0 Å². The van der Waals surface area contributed by atoms with E-state index in [-0.39, 0.29) is 6.10 Å². The first-order valence-corrected chi connectivity index (χ1v) is 9.21. The van der Waals surface area contributed by atoms with Crippen molar-refractivity contribution >= 4 is 11.0 Å². The van der Waals surface area contributed by atoms with Gasteiger partial charge in [-0.15, -0.1) is 0 Å². The quantitative estimate of drug-likeness (QED) is 0.792. The average Bonchev–Trinajstić information content (AvgIpc) is 2.97. The molecule has 0 amide bonds. The van der Waals surface area contributed by atoms with Crippen LogP contribution in [0.15, 0.2) is 18.5 Å². The third-order valence-electron chi connectivity index (χ3n) is 5.07. The van der Waals surface area contributed by atoms with Gasteiger partial charge in [-0.25, -0.2) is 4.98 Å². The Labute approximate surface area is 149 Å². The van der Waals surface area contributed by atoms with Crippen LogP contribution in [0.3, 0.4) is 0 Å². The number of hydrogen-bond acceptors (Lipinski definition) is 5. The molecule has 1 saturated heterocycles. The SMILES string of the molecule is CCN1CCO[C@H](CNC[C@@H](O)Cn2cnc3cc(C)c(C)cc32)C1. The van der Waals surface area contributed by atoms with E-state index in [0.717, 1.165) is 43.8 Å². The number of imidazole rings is 1. The topological polar surface area (TPSA) is 62.6 Å². The Morgan fingerprint density at radius 2 is 2.16 bits per heavy atom. The van der Waals surface area contributed by atoms with Gasteiger partial charge in [0.05, 0.1) is 42.7 Å². The minimum Gasteiger partial charge on any atom is -0.390 e. The second kappa shape index (κ2) is 8.27. The number of likely N-dealkylation sites (N-methyl/N-ethyl adjacent to an activating group) is 1. The van der Waals surface area contributed by atoms with Crippen molar-refractivity contribution in [1.82, 2.24) is 19.8 Å². The number of ether oxygens (including phenoxy) is 1. The third-order valence-corrected chi connectivity index (χ3v) is 5.07. The Bertz CT molecular complexity index is 700. The lowest BCUT2D eigenvalue weighted by atomic mass is 10.1. The highest BCUT2D eigenvalue weighted by Gasteiger charge is 2.19. The van der Waals surface area contributed by atoms with E-state index >= 15 is 0 Å². The number of nitrogens with one attached hydrogen (secondary N) is 1. The predicted octanol–water partition coefficient (Wildman–Crippen LogP) is 1.32. The molecule has 1 aromatic heterocycles. The normalized spacial score (nSPS) is 20.2. The Hall–Kier alpha value is -1.47. The maximum absolute atomic E-state index is 10.4. The molecule has 2 heterocycles. The first-order chi connectivity index (χ1) is 12.1. The van der Waals surface area contributed by atoms with Crippen LogP contribution in [-0.4, -0.2) is 71.1 Å². The lowest BCUT2D eigenvalue weighted by Gasteiger charge is -2.32. The molecule has 2 N–H and O–H groups in total. The fourth-order valence-electron chi connectivity index (χ4n) is 3.35. The van der Waals surface area contributed by atoms with Crippen molar-refractivity contribution < 1.29 is 9.84 Å². The Morgan fingerprint density at radius 3 is 2.96 bits per heavy atom. The fourth-order valence-corrected chi connectivity index (χ4v) is 3.35. The maximum Gasteiger partial charge on any atom is 0.0959 e. The number of aliphatic hydroxyl groups is 1. The summed E-state index contributed by atoms with van der Waals surface area (Å²) in [7, 11) is 0. The summed E-state index contributed by atoms with van der Waals surface area (Å²) in [6.45, 7) is 12.1. The zero-order valence-corrected chi connectivity index (χ0v) is 15.5. The average molecular weight is 346 g/mol. The molecular formula is C19H30N4O2. The molecule has 0 spiro atoms. The highest BCUT2D eigenvalue weighted by atomic mass is 16.5. The molecule has 2 aromatic rings. The number of rotatable bonds is 7. The van der Waals surface area contributed by atoms with Gasteiger partial charge < -0.3 is 19.7 Å². The maximum atomic E-state index is 10.4. The number of aryl methyl sites for hydroxylation is 2. The minimum atomic E-state index is -0.454. The number of fused-ring (bicyclic) bond motifs is 1. The molecule has 1 aromatic carbocycles. The predicted molar refractivity (Wildman–Crippen MR) is 99.9 cm³/mol. The van der Waals surface area contributed by atoms with Crippen LogP contribution in [0.4, 0.5) is 0 Å². The summed E-state index contributed by atoms with van der Waals surface area (Å²) in [5, 5.41) is 13.7. The van der Waals surface area contributed by atoms with Crippen LogP contribution >= 0.6 is 0 Å². The minimum absolute atomic E-state index is 0.209. The second-order valence-electron chi connectivity index (χ2n) is 7.02. The lowest BCUT2D eigenvalue weighted by molar-refractivity contribution is -0.0263. The fraction of sp³-hybridized carbons (Fsp3) is 0.632. The number of benzene rings is 1. The van der Waals surface area contributed by atoms with Crippen LogP contribution in [0.5, 0.6) is 0 Å². The highest BCUT2D eigenvalue weighted by molar-refractivity contribution is 5.77. The number of aromatic nitrogens is 2. The molecule has 1 aliphatic heterocycles. The van der Waals surface area contributed by atoms with E-state index in [2.05, 4.69) is 48.1 Å². The van der Waals surface area contributed by atoms with Crippen molar-refractivity contribution in [3.8, 4) is 0 Å². The van der Waals surface area contributed by atoms with Crippen LogP contribution in [0.25, 0.3) is 11.0 Å². The van der Waals surface area contributed by atoms with Crippen molar-refractivity contribution in [3.63, 3.8) is 0 Å². The van der Waals surface area contributed by atoms with Crippen molar-refractivity contribution in [3.05, 3.63) is 29.6 Å². The summed E-state index contributed by atoms with van der Waals surface area (Å²) in [6, 6.07) is 4.25. The van der Waals surface area contributed by atoms with Crippen LogP contribution in [0, 0.1) is 13.8 Å². The molecule has 138 valence electrons. The Kier molecular flexibility index (Phi) is 6.06. The zero-order chi connectivity index (χ0) is 17.8. The summed E-state index contributed by atoms with van der Waals surface area (Å²) in [4.78, 5) is 6.85. The van der Waals surface area contributed by atoms with E-state index in [1.54, 1.807) is 0 Å². The highest BCUT2D eigenvalue weighted by Crippen LogP contribution is 2.18. The first-order valence-electron chi connectivity index (χ1n) is 9.21. The van der Waals surface area contributed by atoms with E-state index in [4.69, 9.17) is 4.74 Å². The van der Waals surface area contributed by atoms with Crippen LogP contribution in [0.2, 0.25) is 0 Å². The van der Waals surface area contributed by atoms with E-state index in [1.165, 1.54) is 11.1 Å². The van der Waals surface area contributed by atoms with Crippen molar-refractivity contribution in [2.45, 2.75) is 39.5 Å². The lowest BCUT2D eigenvalue weighted by Crippen LogP contribution is -2.47. The molecule has 0 aliphatic carbocycles. The molecule has 0 radical (unpaired) electrons. The molecule has 2 atom stereocenters. The number of hydrogen-bond donors (Lipinski definition) is 2. The number of aliphatic hydroxyl groups excluding tert-OH is 1. The van der Waals surface area contributed by atoms with Crippen LogP contribution < -0.4 is 5.32 Å². The molecule has 0 bridgehead atoms. The Balaban J connectivity index is 1.49. The van der Waals surface area contributed by atoms with E-state index in [0.29, 0.717) is 13.1 Å². The van der Waals surface area contributed by atoms with Gasteiger partial charge in [-0.3, -0.25) is 4.90 Å². The largest absolute Gasteiger partial charge is 0.390 e. The van der Waals surface area contributed by atoms with Crippen molar-refractivity contribution in [1.29, 1.82) is 0 Å². The van der Waals surface area contributed by atoms with E-state index in [1.807, 2.05) is 10.9 Å². The molecule has 6 heteroatoms. The van der Waals surface area contributed by atoms with Gasteiger partial charge >= 0.3 is 0 Å². The van der Waals surface area contributed by atoms with E-state index < -0.39 is 6.10 Å². The smallest absolute Gasteiger partial charge is 0.0959 e. The van der Waals surface area contributed by atoms with Crippen LogP contribution in [0.1, 0.15) is 18.1 Å². The van der Waals surface area contributed by atoms with Gasteiger partial charge in [0.1, 0.15) is 0 Å². The summed E-state index contributed by atoms with van der Waals surface area (Å²) in [5.74, 6) is 0. The number of morpholine rings is 1. The van der Waals surface area contributed by atoms with Gasteiger partial charge in [0.2, 0.25) is 0 Å². The summed E-state index contributed by atoms with van der Waals surface area (Å²) < 4.78 is 7.81. The molecule has 3 rings (SSSR count). The van der Waals surface area contributed by atoms with Gasteiger partial charge in [-0.1, -0.05) is 6.92 Å². The number of nitrogens with zero attached hydrogens (tertiary/aromatic N) is 3. The molecule has 1 aliphatic rings. The summed E-state index contributed by atoms with van der Waals surface area (Å²) in [6.07, 6.45) is 1.57. The van der Waals surface area contributed by atoms with Crippen molar-refractivity contribution in [2.24, 2.45) is 0 Å². The van der Waals surface area contributed by atoms with E-state index in [9.17, 15) is 5.11 Å². The van der Waals surface area contributed by atoms with Gasteiger partial charge in [0.15, 0.2) is 0 Å². The summed E-state index contributed by atoms with van der Waals surface area (Å²) in [5.41, 5.74) is 4.56. The standard InChI is InChI=1S/C19H30N4O2/c1-4-22-5-6-25-17(12-22)10-20-9-16(24)11-23-13-21-18-7-14(2)15(3)8-19(18)23/h7-8,13,16-17,20,24H,4-6,9-12H2,1-3H3/t16-,17-/m1/s1. The molecule has 0 saturated carbocycles. The monoisotopic (exact) mass is 346 g/mol. The van der Waals surface area contributed by atoms with Gasteiger partial charge in [0, 0.05) is 26.2 Å². The molecular weight excluding hydrogens is 316 g/mol. The zero-order valence-electron chi connectivity index (χ0n) is 15.5. The third kappa shape index (κ3) is 4.58. The van der Waals surface area contributed by atoms with Gasteiger partial charge in [0.25, 0.3) is 0 Å². The van der Waals surface area contributed by atoms with Crippen molar-refractivity contribution in [2.75, 3.05) is 39.3 Å². The molecule has 25 heavy (non-hydrogen) atoms. The Morgan fingerprint density at radius 1 is 1.36 bits per heavy atom. The second-order valence-corrected chi connectivity index (χ2v) is 7.02. The molecule has 6 nitrogen and oxygen atoms in total. The van der Waals surface area contributed by atoms with Crippen LogP contribution in [-0.2, 0) is 11.3 Å². The van der Waals surface area contributed by atoms with Gasteiger partial charge in [-0.05, 0) is 43.7 Å². The molecule has 0 unspecified atom stereocenters. The first kappa shape index (κ1) is 18.3. The molecule has 1 fully saturated rings. The summed E-state index contributed by atoms with van der Waals surface area (Å²) >= 11 is 0.